The van der Waals surface area contributed by atoms with Crippen molar-refractivity contribution < 1.29 is 18.4 Å². The minimum absolute atomic E-state index is 0.0923. The molecule has 2 N–H and O–H groups in total. The van der Waals surface area contributed by atoms with Crippen molar-refractivity contribution in [3.8, 4) is 5.75 Å². The summed E-state index contributed by atoms with van der Waals surface area (Å²) >= 11 is 0. The fraction of sp³-hybridized carbons (Fsp3) is 0.538. The predicted octanol–water partition coefficient (Wildman–Crippen LogP) is 2.97. The van der Waals surface area contributed by atoms with E-state index in [9.17, 15) is 18.9 Å². The first-order valence-electron chi connectivity index (χ1n) is 6.27. The van der Waals surface area contributed by atoms with Crippen molar-refractivity contribution in [2.75, 3.05) is 7.11 Å². The minimum atomic E-state index is -2.67. The molecule has 20 heavy (non-hydrogen) atoms. The van der Waals surface area contributed by atoms with E-state index in [1.54, 1.807) is 0 Å². The van der Waals surface area contributed by atoms with E-state index in [4.69, 9.17) is 10.5 Å². The number of nitrogens with zero attached hydrogens (tertiary/aromatic N) is 1. The van der Waals surface area contributed by atoms with Gasteiger partial charge < -0.3 is 10.5 Å². The zero-order valence-electron chi connectivity index (χ0n) is 11.1. The van der Waals surface area contributed by atoms with Crippen LogP contribution in [-0.4, -0.2) is 18.0 Å². The van der Waals surface area contributed by atoms with Gasteiger partial charge in [-0.05, 0) is 24.5 Å². The minimum Gasteiger partial charge on any atom is -0.490 e. The van der Waals surface area contributed by atoms with Gasteiger partial charge in [-0.2, -0.15) is 0 Å². The maximum absolute atomic E-state index is 13.2. The number of nitro groups is 1. The Morgan fingerprint density at radius 2 is 1.90 bits per heavy atom. The zero-order chi connectivity index (χ0) is 15.0. The van der Waals surface area contributed by atoms with Gasteiger partial charge in [0.2, 0.25) is 5.92 Å². The molecule has 0 atom stereocenters. The summed E-state index contributed by atoms with van der Waals surface area (Å²) in [5.41, 5.74) is 5.73. The number of benzene rings is 1. The summed E-state index contributed by atoms with van der Waals surface area (Å²) in [5.74, 6) is -2.58. The maximum atomic E-state index is 13.2. The number of ether oxygens (including phenoxy) is 1. The first-order valence-corrected chi connectivity index (χ1v) is 6.27. The summed E-state index contributed by atoms with van der Waals surface area (Å²) in [7, 11) is 1.32. The van der Waals surface area contributed by atoms with Gasteiger partial charge in [0, 0.05) is 24.4 Å². The van der Waals surface area contributed by atoms with Crippen LogP contribution in [0.3, 0.4) is 0 Å². The molecule has 110 valence electrons. The average molecular weight is 286 g/mol. The number of nitrogens with two attached hydrogens (primary N) is 1. The van der Waals surface area contributed by atoms with Gasteiger partial charge in [-0.3, -0.25) is 10.1 Å². The summed E-state index contributed by atoms with van der Waals surface area (Å²) in [6.45, 7) is 0. The van der Waals surface area contributed by atoms with E-state index in [0.29, 0.717) is 5.56 Å². The molecular weight excluding hydrogens is 270 g/mol. The van der Waals surface area contributed by atoms with Crippen LogP contribution in [0.15, 0.2) is 18.2 Å². The Morgan fingerprint density at radius 3 is 2.40 bits per heavy atom. The van der Waals surface area contributed by atoms with Crippen LogP contribution in [0, 0.1) is 10.1 Å². The summed E-state index contributed by atoms with van der Waals surface area (Å²) in [6.07, 6.45) is -0.270. The number of hydrogen-bond acceptors (Lipinski definition) is 4. The summed E-state index contributed by atoms with van der Waals surface area (Å²) in [5, 5.41) is 10.8. The number of nitro benzene ring substituents is 1. The fourth-order valence-electron chi connectivity index (χ4n) is 2.49. The molecule has 0 amide bonds. The van der Waals surface area contributed by atoms with E-state index >= 15 is 0 Å². The second-order valence-corrected chi connectivity index (χ2v) is 5.16. The van der Waals surface area contributed by atoms with E-state index in [1.165, 1.54) is 25.3 Å². The first-order chi connectivity index (χ1) is 9.27. The monoisotopic (exact) mass is 286 g/mol. The van der Waals surface area contributed by atoms with Crippen LogP contribution in [0.25, 0.3) is 0 Å². The van der Waals surface area contributed by atoms with Crippen molar-refractivity contribution >= 4 is 5.69 Å². The fourth-order valence-corrected chi connectivity index (χ4v) is 2.49. The quantitative estimate of drug-likeness (QED) is 0.684. The molecule has 1 aromatic carbocycles. The number of methoxy groups -OCH3 is 1. The van der Waals surface area contributed by atoms with E-state index in [2.05, 4.69) is 0 Å². The van der Waals surface area contributed by atoms with E-state index in [0.717, 1.165) is 0 Å². The molecule has 0 aromatic heterocycles. The van der Waals surface area contributed by atoms with Crippen LogP contribution in [0.2, 0.25) is 0 Å². The molecule has 0 radical (unpaired) electrons. The number of rotatable bonds is 3. The van der Waals surface area contributed by atoms with Crippen LogP contribution >= 0.6 is 0 Å². The predicted molar refractivity (Wildman–Crippen MR) is 68.9 cm³/mol. The highest BCUT2D eigenvalue weighted by Crippen LogP contribution is 2.43. The molecule has 1 fully saturated rings. The van der Waals surface area contributed by atoms with Crippen LogP contribution in [0.5, 0.6) is 5.75 Å². The SMILES string of the molecule is COc1cc(C2(N)CCC(F)(F)CC2)ccc1[N+](=O)[O-]. The molecule has 1 aliphatic rings. The Labute approximate surface area is 114 Å². The van der Waals surface area contributed by atoms with E-state index in [-0.39, 0.29) is 37.1 Å². The molecule has 0 saturated heterocycles. The molecule has 0 unspecified atom stereocenters. The largest absolute Gasteiger partial charge is 0.490 e. The highest BCUT2D eigenvalue weighted by atomic mass is 19.3. The third-order valence-electron chi connectivity index (χ3n) is 3.83. The van der Waals surface area contributed by atoms with E-state index in [1.807, 2.05) is 0 Å². The van der Waals surface area contributed by atoms with Crippen molar-refractivity contribution in [3.63, 3.8) is 0 Å². The third-order valence-corrected chi connectivity index (χ3v) is 3.83. The van der Waals surface area contributed by atoms with Gasteiger partial charge in [-0.1, -0.05) is 6.07 Å². The molecule has 0 heterocycles. The van der Waals surface area contributed by atoms with Crippen LogP contribution in [0.4, 0.5) is 14.5 Å². The van der Waals surface area contributed by atoms with Gasteiger partial charge >= 0.3 is 5.69 Å². The lowest BCUT2D eigenvalue weighted by molar-refractivity contribution is -0.385. The Morgan fingerprint density at radius 1 is 1.30 bits per heavy atom. The van der Waals surface area contributed by atoms with Crippen molar-refractivity contribution in [1.29, 1.82) is 0 Å². The van der Waals surface area contributed by atoms with Crippen molar-refractivity contribution in [2.45, 2.75) is 37.1 Å². The smallest absolute Gasteiger partial charge is 0.310 e. The molecule has 5 nitrogen and oxygen atoms in total. The number of alkyl halides is 2. The topological polar surface area (TPSA) is 78.4 Å². The van der Waals surface area contributed by atoms with Gasteiger partial charge in [-0.15, -0.1) is 0 Å². The highest BCUT2D eigenvalue weighted by molar-refractivity contribution is 5.50. The lowest BCUT2D eigenvalue weighted by Gasteiger charge is -2.37. The molecule has 2 rings (SSSR count). The van der Waals surface area contributed by atoms with Gasteiger partial charge in [0.1, 0.15) is 0 Å². The normalized spacial score (nSPS) is 20.4. The molecule has 1 aromatic rings. The second kappa shape index (κ2) is 4.97. The molecule has 1 saturated carbocycles. The number of hydrogen-bond donors (Lipinski definition) is 1. The zero-order valence-corrected chi connectivity index (χ0v) is 11.1. The van der Waals surface area contributed by atoms with Gasteiger partial charge in [0.05, 0.1) is 12.0 Å². The third kappa shape index (κ3) is 2.72. The van der Waals surface area contributed by atoms with Crippen molar-refractivity contribution in [2.24, 2.45) is 5.73 Å². The Bertz CT molecular complexity index is 524. The molecule has 0 spiro atoms. The Balaban J connectivity index is 2.31. The molecule has 7 heteroatoms. The molecular formula is C13H16F2N2O3. The summed E-state index contributed by atoms with van der Waals surface area (Å²) in [4.78, 5) is 10.3. The summed E-state index contributed by atoms with van der Waals surface area (Å²) < 4.78 is 31.4. The van der Waals surface area contributed by atoms with Crippen molar-refractivity contribution in [1.82, 2.24) is 0 Å². The van der Waals surface area contributed by atoms with Crippen LogP contribution in [-0.2, 0) is 5.54 Å². The summed E-state index contributed by atoms with van der Waals surface area (Å²) in [6, 6.07) is 4.29. The Hall–Kier alpha value is -1.76. The van der Waals surface area contributed by atoms with Crippen LogP contribution in [0.1, 0.15) is 31.2 Å². The second-order valence-electron chi connectivity index (χ2n) is 5.16. The number of halogens is 2. The first kappa shape index (κ1) is 14.6. The maximum Gasteiger partial charge on any atom is 0.310 e. The van der Waals surface area contributed by atoms with E-state index < -0.39 is 16.4 Å². The standard InChI is InChI=1S/C13H16F2N2O3/c1-20-11-8-9(2-3-10(11)17(18)19)12(16)4-6-13(14,15)7-5-12/h2-3,8H,4-7,16H2,1H3. The highest BCUT2D eigenvalue weighted by Gasteiger charge is 2.42. The van der Waals surface area contributed by atoms with Gasteiger partial charge in [0.25, 0.3) is 0 Å². The van der Waals surface area contributed by atoms with Gasteiger partial charge in [-0.25, -0.2) is 8.78 Å². The lowest BCUT2D eigenvalue weighted by Crippen LogP contribution is -2.43. The molecule has 0 bridgehead atoms. The molecule has 1 aliphatic carbocycles. The molecule has 0 aliphatic heterocycles. The Kier molecular flexibility index (Phi) is 3.64. The van der Waals surface area contributed by atoms with Crippen molar-refractivity contribution in [3.05, 3.63) is 33.9 Å². The lowest BCUT2D eigenvalue weighted by atomic mass is 9.76. The average Bonchev–Trinajstić information content (AvgIpc) is 2.41. The van der Waals surface area contributed by atoms with Gasteiger partial charge in [0.15, 0.2) is 5.75 Å². The van der Waals surface area contributed by atoms with Crippen LogP contribution < -0.4 is 10.5 Å².